The molecule has 1 heterocycles. The van der Waals surface area contributed by atoms with Crippen molar-refractivity contribution in [1.82, 2.24) is 21.5 Å². The minimum Gasteiger partial charge on any atom is -0.356 e. The van der Waals surface area contributed by atoms with Crippen molar-refractivity contribution in [1.29, 1.82) is 0 Å². The minimum absolute atomic E-state index is 0.0436. The molecule has 0 radical (unpaired) electrons. The molecule has 2 aromatic carbocycles. The molecule has 1 fully saturated rings. The lowest BCUT2D eigenvalue weighted by atomic mass is 10.0. The Morgan fingerprint density at radius 2 is 1.92 bits per heavy atom. The number of amides is 2. The largest absolute Gasteiger partial charge is 0.356 e. The van der Waals surface area contributed by atoms with Crippen LogP contribution in [0.3, 0.4) is 0 Å². The highest BCUT2D eigenvalue weighted by Gasteiger charge is 2.22. The zero-order valence-electron chi connectivity index (χ0n) is 14.3. The van der Waals surface area contributed by atoms with Crippen LogP contribution in [0.25, 0.3) is 10.8 Å². The van der Waals surface area contributed by atoms with Gasteiger partial charge in [-0.25, -0.2) is 0 Å². The molecule has 2 unspecified atom stereocenters. The van der Waals surface area contributed by atoms with Gasteiger partial charge in [-0.2, -0.15) is 0 Å². The van der Waals surface area contributed by atoms with Crippen molar-refractivity contribution >= 4 is 22.6 Å². The molecule has 2 amide bonds. The van der Waals surface area contributed by atoms with Gasteiger partial charge in [0, 0.05) is 43.6 Å². The summed E-state index contributed by atoms with van der Waals surface area (Å²) in [6.07, 6.45) is 0.279. The van der Waals surface area contributed by atoms with E-state index < -0.39 is 0 Å². The van der Waals surface area contributed by atoms with Crippen molar-refractivity contribution in [3.05, 3.63) is 48.0 Å². The predicted octanol–water partition coefficient (Wildman–Crippen LogP) is 1.19. The number of hydrazine groups is 1. The maximum atomic E-state index is 12.2. The first kappa shape index (κ1) is 17.4. The van der Waals surface area contributed by atoms with Gasteiger partial charge in [0.1, 0.15) is 0 Å². The number of hydrogen-bond donors (Lipinski definition) is 4. The van der Waals surface area contributed by atoms with E-state index in [1.807, 2.05) is 36.4 Å². The maximum Gasteiger partial charge on any atom is 0.251 e. The number of benzene rings is 2. The van der Waals surface area contributed by atoms with Crippen LogP contribution in [0.4, 0.5) is 0 Å². The second-order valence-electron chi connectivity index (χ2n) is 6.45. The third-order valence-electron chi connectivity index (χ3n) is 4.61. The van der Waals surface area contributed by atoms with E-state index in [1.54, 1.807) is 6.07 Å². The fourth-order valence-corrected chi connectivity index (χ4v) is 2.95. The number of fused-ring (bicyclic) bond motifs is 1. The molecule has 4 N–H and O–H groups in total. The van der Waals surface area contributed by atoms with Crippen molar-refractivity contribution in [3.63, 3.8) is 0 Å². The second kappa shape index (κ2) is 8.09. The summed E-state index contributed by atoms with van der Waals surface area (Å²) in [5.74, 6) is 0.186. The number of carbonyl (C=O) groups is 2. The van der Waals surface area contributed by atoms with Crippen LogP contribution in [0.1, 0.15) is 23.7 Å². The standard InChI is InChI=1S/C19H24N4O2/c1-13-17(12-22-23-13)11-21-18(24)8-9-20-19(25)16-7-6-14-4-2-3-5-15(14)10-16/h2-7,10,13,17,22-23H,8-9,11-12H2,1H3,(H,20,25)(H,21,24). The predicted molar refractivity (Wildman–Crippen MR) is 98.0 cm³/mol. The Morgan fingerprint density at radius 3 is 2.68 bits per heavy atom. The molecule has 1 saturated heterocycles. The van der Waals surface area contributed by atoms with E-state index in [9.17, 15) is 9.59 Å². The molecule has 0 saturated carbocycles. The van der Waals surface area contributed by atoms with Gasteiger partial charge >= 0.3 is 0 Å². The van der Waals surface area contributed by atoms with Gasteiger partial charge < -0.3 is 10.6 Å². The number of rotatable bonds is 6. The first-order valence-electron chi connectivity index (χ1n) is 8.65. The van der Waals surface area contributed by atoms with Crippen molar-refractivity contribution in [3.8, 4) is 0 Å². The number of carbonyl (C=O) groups excluding carboxylic acids is 2. The zero-order valence-corrected chi connectivity index (χ0v) is 14.3. The van der Waals surface area contributed by atoms with Crippen LogP contribution < -0.4 is 21.5 Å². The maximum absolute atomic E-state index is 12.2. The Labute approximate surface area is 147 Å². The van der Waals surface area contributed by atoms with Crippen molar-refractivity contribution < 1.29 is 9.59 Å². The van der Waals surface area contributed by atoms with Crippen LogP contribution in [-0.2, 0) is 4.79 Å². The summed E-state index contributed by atoms with van der Waals surface area (Å²) in [5, 5.41) is 7.86. The smallest absolute Gasteiger partial charge is 0.251 e. The summed E-state index contributed by atoms with van der Waals surface area (Å²) in [4.78, 5) is 24.1. The van der Waals surface area contributed by atoms with Gasteiger partial charge in [0.15, 0.2) is 0 Å². The fraction of sp³-hybridized carbons (Fsp3) is 0.368. The fourth-order valence-electron chi connectivity index (χ4n) is 2.95. The third kappa shape index (κ3) is 4.55. The summed E-state index contributed by atoms with van der Waals surface area (Å²) in [7, 11) is 0. The van der Waals surface area contributed by atoms with Crippen LogP contribution in [0.5, 0.6) is 0 Å². The Balaban J connectivity index is 1.43. The second-order valence-corrected chi connectivity index (χ2v) is 6.45. The molecule has 132 valence electrons. The van der Waals surface area contributed by atoms with E-state index in [0.29, 0.717) is 30.6 Å². The van der Waals surface area contributed by atoms with Gasteiger partial charge in [-0.15, -0.1) is 0 Å². The van der Waals surface area contributed by atoms with E-state index in [4.69, 9.17) is 0 Å². The van der Waals surface area contributed by atoms with Gasteiger partial charge in [0.25, 0.3) is 5.91 Å². The highest BCUT2D eigenvalue weighted by atomic mass is 16.2. The molecule has 1 aliphatic heterocycles. The van der Waals surface area contributed by atoms with E-state index >= 15 is 0 Å². The molecular weight excluding hydrogens is 316 g/mol. The summed E-state index contributed by atoms with van der Waals surface area (Å²) in [6, 6.07) is 13.9. The molecule has 6 nitrogen and oxygen atoms in total. The normalized spacial score (nSPS) is 19.7. The summed E-state index contributed by atoms with van der Waals surface area (Å²) in [5.41, 5.74) is 6.81. The van der Waals surface area contributed by atoms with Gasteiger partial charge in [-0.1, -0.05) is 30.3 Å². The molecule has 2 aromatic rings. The first-order chi connectivity index (χ1) is 12.1. The Hall–Kier alpha value is -2.44. The molecular formula is C19H24N4O2. The molecule has 0 bridgehead atoms. The highest BCUT2D eigenvalue weighted by molar-refractivity contribution is 5.98. The van der Waals surface area contributed by atoms with Crippen LogP contribution in [-0.4, -0.2) is 37.5 Å². The number of hydrogen-bond acceptors (Lipinski definition) is 4. The van der Waals surface area contributed by atoms with E-state index in [2.05, 4.69) is 28.4 Å². The monoisotopic (exact) mass is 340 g/mol. The van der Waals surface area contributed by atoms with Crippen LogP contribution in [0.2, 0.25) is 0 Å². The molecule has 1 aliphatic rings. The topological polar surface area (TPSA) is 82.3 Å². The minimum atomic E-state index is -0.156. The lowest BCUT2D eigenvalue weighted by molar-refractivity contribution is -0.121. The quantitative estimate of drug-likeness (QED) is 0.637. The molecule has 0 spiro atoms. The van der Waals surface area contributed by atoms with E-state index in [-0.39, 0.29) is 18.2 Å². The van der Waals surface area contributed by atoms with Gasteiger partial charge in [-0.05, 0) is 29.8 Å². The van der Waals surface area contributed by atoms with Crippen molar-refractivity contribution in [2.75, 3.05) is 19.6 Å². The zero-order chi connectivity index (χ0) is 17.6. The third-order valence-corrected chi connectivity index (χ3v) is 4.61. The van der Waals surface area contributed by atoms with E-state index in [0.717, 1.165) is 17.3 Å². The summed E-state index contributed by atoms with van der Waals surface area (Å²) >= 11 is 0. The Kier molecular flexibility index (Phi) is 5.63. The average Bonchev–Trinajstić information content (AvgIpc) is 3.04. The van der Waals surface area contributed by atoms with Gasteiger partial charge in [0.2, 0.25) is 5.91 Å². The lowest BCUT2D eigenvalue weighted by Gasteiger charge is -2.14. The SMILES string of the molecule is CC1NNCC1CNC(=O)CCNC(=O)c1ccc2ccccc2c1. The molecule has 3 rings (SSSR count). The molecule has 6 heteroatoms. The molecule has 2 atom stereocenters. The van der Waals surface area contributed by atoms with Crippen molar-refractivity contribution in [2.45, 2.75) is 19.4 Å². The highest BCUT2D eigenvalue weighted by Crippen LogP contribution is 2.15. The number of nitrogens with one attached hydrogen (secondary N) is 4. The van der Waals surface area contributed by atoms with Gasteiger partial charge in [0.05, 0.1) is 0 Å². The molecule has 0 aliphatic carbocycles. The summed E-state index contributed by atoms with van der Waals surface area (Å²) < 4.78 is 0. The van der Waals surface area contributed by atoms with Crippen LogP contribution >= 0.6 is 0 Å². The molecule has 0 aromatic heterocycles. The Morgan fingerprint density at radius 1 is 1.12 bits per heavy atom. The first-order valence-corrected chi connectivity index (χ1v) is 8.65. The lowest BCUT2D eigenvalue weighted by Crippen LogP contribution is -2.36. The van der Waals surface area contributed by atoms with Crippen LogP contribution in [0.15, 0.2) is 42.5 Å². The molecule has 25 heavy (non-hydrogen) atoms. The van der Waals surface area contributed by atoms with Gasteiger partial charge in [-0.3, -0.25) is 20.4 Å². The van der Waals surface area contributed by atoms with Crippen molar-refractivity contribution in [2.24, 2.45) is 5.92 Å². The van der Waals surface area contributed by atoms with E-state index in [1.165, 1.54) is 0 Å². The Bertz CT molecular complexity index is 762. The average molecular weight is 340 g/mol. The summed E-state index contributed by atoms with van der Waals surface area (Å²) in [6.45, 7) is 3.90. The van der Waals surface area contributed by atoms with Crippen LogP contribution in [0, 0.1) is 5.92 Å².